The van der Waals surface area contributed by atoms with E-state index < -0.39 is 6.29 Å². The molecule has 0 aromatic heterocycles. The molecule has 0 aliphatic rings. The van der Waals surface area contributed by atoms with Crippen LogP contribution in [0.15, 0.2) is 0 Å². The van der Waals surface area contributed by atoms with Crippen LogP contribution >= 0.6 is 0 Å². The third-order valence-electron chi connectivity index (χ3n) is 1.39. The molecule has 0 atom stereocenters. The van der Waals surface area contributed by atoms with Gasteiger partial charge in [0.15, 0.2) is 6.29 Å². The standard InChI is InChI=1S/C6H14O4.C4H10O2/c7-1-3-9-5-6-10-4-2-8;1-2-3-4(5)6/h7-8H,1-6H2;4-6H,2-3H2,1H3. The maximum Gasteiger partial charge on any atom is 0.151 e. The number of hydrogen-bond donors (Lipinski definition) is 4. The van der Waals surface area contributed by atoms with Gasteiger partial charge in [0.05, 0.1) is 39.6 Å². The quantitative estimate of drug-likeness (QED) is 0.308. The molecule has 0 spiro atoms. The number of aliphatic hydroxyl groups is 4. The highest BCUT2D eigenvalue weighted by molar-refractivity contribution is 4.31. The van der Waals surface area contributed by atoms with Crippen molar-refractivity contribution < 1.29 is 29.9 Å². The average Bonchev–Trinajstić information content (AvgIpc) is 2.24. The van der Waals surface area contributed by atoms with Crippen LogP contribution in [0.5, 0.6) is 0 Å². The van der Waals surface area contributed by atoms with Crippen LogP contribution in [-0.2, 0) is 9.47 Å². The fourth-order valence-electron chi connectivity index (χ4n) is 0.709. The summed E-state index contributed by atoms with van der Waals surface area (Å²) in [6, 6.07) is 0. The van der Waals surface area contributed by atoms with Gasteiger partial charge < -0.3 is 29.9 Å². The molecule has 0 fully saturated rings. The first-order valence-electron chi connectivity index (χ1n) is 5.42. The molecule has 6 nitrogen and oxygen atoms in total. The zero-order valence-electron chi connectivity index (χ0n) is 9.84. The second-order valence-electron chi connectivity index (χ2n) is 2.94. The number of aliphatic hydroxyl groups excluding tert-OH is 3. The van der Waals surface area contributed by atoms with Crippen LogP contribution in [0.25, 0.3) is 0 Å². The first-order valence-corrected chi connectivity index (χ1v) is 5.42. The van der Waals surface area contributed by atoms with E-state index in [2.05, 4.69) is 0 Å². The normalized spacial score (nSPS) is 10.1. The van der Waals surface area contributed by atoms with Gasteiger partial charge in [-0.1, -0.05) is 13.3 Å². The van der Waals surface area contributed by atoms with Crippen molar-refractivity contribution in [1.82, 2.24) is 0 Å². The summed E-state index contributed by atoms with van der Waals surface area (Å²) in [4.78, 5) is 0. The highest BCUT2D eigenvalue weighted by atomic mass is 16.5. The van der Waals surface area contributed by atoms with Crippen LogP contribution in [0.1, 0.15) is 19.8 Å². The van der Waals surface area contributed by atoms with E-state index in [1.807, 2.05) is 6.92 Å². The Balaban J connectivity index is 0. The summed E-state index contributed by atoms with van der Waals surface area (Å²) in [5, 5.41) is 32.7. The van der Waals surface area contributed by atoms with E-state index in [1.165, 1.54) is 0 Å². The van der Waals surface area contributed by atoms with Crippen molar-refractivity contribution in [3.63, 3.8) is 0 Å². The Hall–Kier alpha value is -0.240. The molecule has 0 rings (SSSR count). The molecular weight excluding hydrogens is 216 g/mol. The lowest BCUT2D eigenvalue weighted by Crippen LogP contribution is -2.09. The Kier molecular flexibility index (Phi) is 19.5. The molecule has 0 aliphatic heterocycles. The van der Waals surface area contributed by atoms with Gasteiger partial charge in [-0.25, -0.2) is 0 Å². The van der Waals surface area contributed by atoms with E-state index in [4.69, 9.17) is 29.9 Å². The molecule has 0 aliphatic carbocycles. The van der Waals surface area contributed by atoms with Gasteiger partial charge in [-0.05, 0) is 6.42 Å². The third kappa shape index (κ3) is 23.5. The second-order valence-corrected chi connectivity index (χ2v) is 2.94. The summed E-state index contributed by atoms with van der Waals surface area (Å²) in [5.74, 6) is 0. The minimum absolute atomic E-state index is 0.0417. The molecular formula is C10H24O6. The van der Waals surface area contributed by atoms with Gasteiger partial charge in [0.1, 0.15) is 0 Å². The molecule has 0 aromatic rings. The first kappa shape index (κ1) is 18.1. The predicted molar refractivity (Wildman–Crippen MR) is 58.9 cm³/mol. The van der Waals surface area contributed by atoms with Crippen LogP contribution in [-0.4, -0.2) is 66.4 Å². The van der Waals surface area contributed by atoms with E-state index in [9.17, 15) is 0 Å². The lowest BCUT2D eigenvalue weighted by Gasteiger charge is -2.01. The van der Waals surface area contributed by atoms with Crippen LogP contribution < -0.4 is 0 Å². The monoisotopic (exact) mass is 240 g/mol. The second kappa shape index (κ2) is 17.2. The van der Waals surface area contributed by atoms with Crippen molar-refractivity contribution in [2.75, 3.05) is 39.6 Å². The van der Waals surface area contributed by atoms with E-state index in [1.54, 1.807) is 0 Å². The SMILES string of the molecule is CCCC(O)O.OCCOCCOCCO. The molecule has 0 bridgehead atoms. The number of ether oxygens (including phenoxy) is 2. The van der Waals surface area contributed by atoms with Crippen LogP contribution in [0.3, 0.4) is 0 Å². The highest BCUT2D eigenvalue weighted by Gasteiger charge is 1.89. The van der Waals surface area contributed by atoms with Crippen molar-refractivity contribution in [1.29, 1.82) is 0 Å². The molecule has 16 heavy (non-hydrogen) atoms. The van der Waals surface area contributed by atoms with Gasteiger partial charge in [-0.15, -0.1) is 0 Å². The van der Waals surface area contributed by atoms with Gasteiger partial charge >= 0.3 is 0 Å². The Labute approximate surface area is 96.4 Å². The van der Waals surface area contributed by atoms with Crippen molar-refractivity contribution in [2.24, 2.45) is 0 Å². The molecule has 0 saturated heterocycles. The molecule has 0 radical (unpaired) electrons. The zero-order chi connectivity index (χ0) is 12.6. The minimum atomic E-state index is -1.10. The summed E-state index contributed by atoms with van der Waals surface area (Å²) in [5.41, 5.74) is 0. The molecule has 6 heteroatoms. The lowest BCUT2D eigenvalue weighted by molar-refractivity contribution is -0.0453. The smallest absolute Gasteiger partial charge is 0.151 e. The molecule has 0 aromatic carbocycles. The zero-order valence-corrected chi connectivity index (χ0v) is 9.84. The van der Waals surface area contributed by atoms with E-state index in [-0.39, 0.29) is 13.2 Å². The first-order chi connectivity index (χ1) is 7.68. The average molecular weight is 240 g/mol. The van der Waals surface area contributed by atoms with Crippen LogP contribution in [0.2, 0.25) is 0 Å². The Morgan fingerprint density at radius 1 is 0.875 bits per heavy atom. The Bertz CT molecular complexity index is 101. The summed E-state index contributed by atoms with van der Waals surface area (Å²) in [6.45, 7) is 3.63. The van der Waals surface area contributed by atoms with Crippen molar-refractivity contribution >= 4 is 0 Å². The van der Waals surface area contributed by atoms with Crippen molar-refractivity contribution in [3.8, 4) is 0 Å². The van der Waals surface area contributed by atoms with Crippen LogP contribution in [0.4, 0.5) is 0 Å². The molecule has 4 N–H and O–H groups in total. The summed E-state index contributed by atoms with van der Waals surface area (Å²) in [7, 11) is 0. The predicted octanol–water partition coefficient (Wildman–Crippen LogP) is -0.899. The summed E-state index contributed by atoms with van der Waals surface area (Å²) >= 11 is 0. The van der Waals surface area contributed by atoms with Gasteiger partial charge in [0.25, 0.3) is 0 Å². The fourth-order valence-corrected chi connectivity index (χ4v) is 0.709. The molecule has 0 unspecified atom stereocenters. The summed E-state index contributed by atoms with van der Waals surface area (Å²) in [6.07, 6.45) is 0.215. The van der Waals surface area contributed by atoms with Crippen molar-refractivity contribution in [2.45, 2.75) is 26.1 Å². The minimum Gasteiger partial charge on any atom is -0.394 e. The van der Waals surface area contributed by atoms with Gasteiger partial charge in [-0.3, -0.25) is 0 Å². The summed E-state index contributed by atoms with van der Waals surface area (Å²) < 4.78 is 9.75. The largest absolute Gasteiger partial charge is 0.394 e. The number of hydrogen-bond acceptors (Lipinski definition) is 6. The Morgan fingerprint density at radius 2 is 1.31 bits per heavy atom. The third-order valence-corrected chi connectivity index (χ3v) is 1.39. The fraction of sp³-hybridized carbons (Fsp3) is 1.00. The van der Waals surface area contributed by atoms with Gasteiger partial charge in [0, 0.05) is 0 Å². The number of rotatable bonds is 9. The highest BCUT2D eigenvalue weighted by Crippen LogP contribution is 1.88. The molecule has 100 valence electrons. The van der Waals surface area contributed by atoms with Crippen molar-refractivity contribution in [3.05, 3.63) is 0 Å². The molecule has 0 heterocycles. The van der Waals surface area contributed by atoms with E-state index in [0.29, 0.717) is 32.8 Å². The molecule has 0 saturated carbocycles. The molecule has 0 amide bonds. The van der Waals surface area contributed by atoms with E-state index in [0.717, 1.165) is 6.42 Å². The lowest BCUT2D eigenvalue weighted by atomic mass is 10.3. The van der Waals surface area contributed by atoms with Gasteiger partial charge in [-0.2, -0.15) is 0 Å². The topological polar surface area (TPSA) is 99.4 Å². The Morgan fingerprint density at radius 3 is 1.50 bits per heavy atom. The van der Waals surface area contributed by atoms with E-state index >= 15 is 0 Å². The maximum atomic E-state index is 8.26. The maximum absolute atomic E-state index is 8.26. The van der Waals surface area contributed by atoms with Gasteiger partial charge in [0.2, 0.25) is 0 Å². The van der Waals surface area contributed by atoms with Crippen LogP contribution in [0, 0.1) is 0 Å².